The van der Waals surface area contributed by atoms with Gasteiger partial charge in [-0.25, -0.2) is 9.13 Å². The fourth-order valence-corrected chi connectivity index (χ4v) is 3.26. The van der Waals surface area contributed by atoms with Crippen LogP contribution in [-0.2, 0) is 32.4 Å². The first-order chi connectivity index (χ1) is 10.3. The average molecular weight is 380 g/mol. The van der Waals surface area contributed by atoms with Crippen molar-refractivity contribution in [2.75, 3.05) is 6.61 Å². The third kappa shape index (κ3) is 5.27. The number of aliphatic hydroxyl groups excluding tert-OH is 1. The van der Waals surface area contributed by atoms with Gasteiger partial charge in [0.15, 0.2) is 12.1 Å². The summed E-state index contributed by atoms with van der Waals surface area (Å²) < 4.78 is 46.6. The highest BCUT2D eigenvalue weighted by molar-refractivity contribution is 7.46. The molecule has 0 spiro atoms. The third-order valence-electron chi connectivity index (χ3n) is 3.08. The van der Waals surface area contributed by atoms with Crippen LogP contribution in [0, 0.1) is 0 Å². The summed E-state index contributed by atoms with van der Waals surface area (Å²) in [7, 11) is -9.79. The van der Waals surface area contributed by atoms with Gasteiger partial charge in [0.25, 0.3) is 0 Å². The second-order valence-electron chi connectivity index (χ2n) is 5.48. The smallest absolute Gasteiger partial charge is 0.388 e. The topological polar surface area (TPSA) is 181 Å². The Morgan fingerprint density at radius 3 is 2.26 bits per heavy atom. The molecule has 0 amide bonds. The van der Waals surface area contributed by atoms with Gasteiger partial charge in [0.1, 0.15) is 24.4 Å². The summed E-state index contributed by atoms with van der Waals surface area (Å²) in [6.07, 6.45) is -6.60. The molecular weight excluding hydrogens is 362 g/mol. The van der Waals surface area contributed by atoms with Gasteiger partial charge in [-0.05, 0) is 13.8 Å². The van der Waals surface area contributed by atoms with Gasteiger partial charge in [-0.3, -0.25) is 9.05 Å². The molecule has 5 N–H and O–H groups in total. The molecule has 2 heterocycles. The summed E-state index contributed by atoms with van der Waals surface area (Å²) in [5.41, 5.74) is 0. The van der Waals surface area contributed by atoms with Crippen LogP contribution < -0.4 is 0 Å². The van der Waals surface area contributed by atoms with E-state index in [0.717, 1.165) is 0 Å². The molecule has 0 saturated carbocycles. The Labute approximate surface area is 130 Å². The van der Waals surface area contributed by atoms with Gasteiger partial charge in [-0.1, -0.05) is 0 Å². The molecule has 2 aliphatic heterocycles. The first-order valence-electron chi connectivity index (χ1n) is 6.41. The summed E-state index contributed by atoms with van der Waals surface area (Å²) in [6, 6.07) is 0. The monoisotopic (exact) mass is 380 g/mol. The van der Waals surface area contributed by atoms with Crippen LogP contribution in [0.2, 0.25) is 0 Å². The highest BCUT2D eigenvalue weighted by atomic mass is 31.2. The zero-order chi connectivity index (χ0) is 17.6. The summed E-state index contributed by atoms with van der Waals surface area (Å²) in [4.78, 5) is 35.2. The van der Waals surface area contributed by atoms with Crippen molar-refractivity contribution >= 4 is 15.6 Å². The van der Waals surface area contributed by atoms with Gasteiger partial charge in [0.2, 0.25) is 0 Å². The normalized spacial score (nSPS) is 35.3. The highest BCUT2D eigenvalue weighted by Crippen LogP contribution is 2.47. The van der Waals surface area contributed by atoms with E-state index in [2.05, 4.69) is 9.05 Å². The number of aliphatic hydroxyl groups is 1. The van der Waals surface area contributed by atoms with E-state index in [9.17, 15) is 14.2 Å². The van der Waals surface area contributed by atoms with Crippen molar-refractivity contribution in [1.82, 2.24) is 0 Å². The van der Waals surface area contributed by atoms with Crippen molar-refractivity contribution in [3.63, 3.8) is 0 Å². The standard InChI is InChI=1S/C9H18O12P2/c1-9(2)19-7-6(21-23(14,15)16)5(18-8(7)20-9)4(10)3-17-22(11,12)13/h4-8,10H,3H2,1-2H3,(H2,11,12,13)(H2,14,15,16)/t4-,5-,6+,7-,8-/m1/s1. The van der Waals surface area contributed by atoms with E-state index >= 15 is 0 Å². The Morgan fingerprint density at radius 2 is 1.74 bits per heavy atom. The molecule has 5 atom stereocenters. The number of fused-ring (bicyclic) bond motifs is 1. The second-order valence-corrected chi connectivity index (χ2v) is 7.91. The Kier molecular flexibility index (Phi) is 5.41. The largest absolute Gasteiger partial charge is 0.470 e. The van der Waals surface area contributed by atoms with E-state index < -0.39 is 58.7 Å². The lowest BCUT2D eigenvalue weighted by atomic mass is 10.1. The average Bonchev–Trinajstić information content (AvgIpc) is 2.77. The Morgan fingerprint density at radius 1 is 1.13 bits per heavy atom. The molecule has 23 heavy (non-hydrogen) atoms. The van der Waals surface area contributed by atoms with Crippen LogP contribution in [0.4, 0.5) is 0 Å². The number of hydrogen-bond donors (Lipinski definition) is 5. The molecule has 2 aliphatic rings. The molecule has 0 aromatic rings. The van der Waals surface area contributed by atoms with Crippen LogP contribution in [-0.4, -0.2) is 67.8 Å². The zero-order valence-electron chi connectivity index (χ0n) is 12.1. The van der Waals surface area contributed by atoms with Gasteiger partial charge >= 0.3 is 15.6 Å². The van der Waals surface area contributed by atoms with E-state index in [1.54, 1.807) is 13.8 Å². The molecule has 0 aliphatic carbocycles. The Bertz CT molecular complexity index is 525. The fourth-order valence-electron chi connectivity index (χ4n) is 2.36. The minimum Gasteiger partial charge on any atom is -0.388 e. The highest BCUT2D eigenvalue weighted by Gasteiger charge is 2.58. The van der Waals surface area contributed by atoms with Gasteiger partial charge in [0.05, 0.1) is 6.61 Å². The lowest BCUT2D eigenvalue weighted by Gasteiger charge is -2.28. The second kappa shape index (κ2) is 6.41. The molecule has 0 aromatic heterocycles. The minimum absolute atomic E-state index is 0.848. The van der Waals surface area contributed by atoms with Crippen LogP contribution in [0.15, 0.2) is 0 Å². The molecule has 0 radical (unpaired) electrons. The lowest BCUT2D eigenvalue weighted by molar-refractivity contribution is -0.226. The summed E-state index contributed by atoms with van der Waals surface area (Å²) in [6.45, 7) is 2.25. The van der Waals surface area contributed by atoms with Gasteiger partial charge in [-0.2, -0.15) is 0 Å². The third-order valence-corrected chi connectivity index (χ3v) is 4.08. The maximum Gasteiger partial charge on any atom is 0.470 e. The lowest BCUT2D eigenvalue weighted by Crippen LogP contribution is -2.43. The summed E-state index contributed by atoms with van der Waals surface area (Å²) in [5.74, 6) is -1.09. The summed E-state index contributed by atoms with van der Waals surface area (Å²) in [5, 5.41) is 9.93. The molecule has 136 valence electrons. The maximum absolute atomic E-state index is 11.1. The zero-order valence-corrected chi connectivity index (χ0v) is 13.9. The molecule has 2 rings (SSSR count). The number of phosphoric ester groups is 2. The van der Waals surface area contributed by atoms with Gasteiger partial charge in [-0.15, -0.1) is 0 Å². The van der Waals surface area contributed by atoms with Crippen LogP contribution in [0.1, 0.15) is 13.8 Å². The predicted octanol–water partition coefficient (Wildman–Crippen LogP) is -1.19. The van der Waals surface area contributed by atoms with Crippen LogP contribution in [0.3, 0.4) is 0 Å². The molecule has 0 bridgehead atoms. The number of ether oxygens (including phenoxy) is 3. The van der Waals surface area contributed by atoms with E-state index in [0.29, 0.717) is 0 Å². The molecule has 12 nitrogen and oxygen atoms in total. The van der Waals surface area contributed by atoms with Crippen LogP contribution in [0.5, 0.6) is 0 Å². The number of phosphoric acid groups is 2. The van der Waals surface area contributed by atoms with Crippen molar-refractivity contribution in [1.29, 1.82) is 0 Å². The predicted molar refractivity (Wildman–Crippen MR) is 69.6 cm³/mol. The number of hydrogen-bond acceptors (Lipinski definition) is 8. The maximum atomic E-state index is 11.1. The summed E-state index contributed by atoms with van der Waals surface area (Å²) >= 11 is 0. The molecule has 2 fully saturated rings. The Balaban J connectivity index is 2.12. The first kappa shape index (κ1) is 19.4. The first-order valence-corrected chi connectivity index (χ1v) is 9.47. The van der Waals surface area contributed by atoms with Gasteiger partial charge in [0, 0.05) is 0 Å². The van der Waals surface area contributed by atoms with Crippen molar-refractivity contribution in [2.45, 2.75) is 50.3 Å². The molecule has 0 aromatic carbocycles. The SMILES string of the molecule is CC1(C)O[C@H]2O[C@H]([C@H](O)COP(=O)(O)O)[C@H](OP(=O)(O)O)[C@H]2O1. The molecule has 14 heteroatoms. The number of rotatable bonds is 6. The van der Waals surface area contributed by atoms with Crippen molar-refractivity contribution in [3.8, 4) is 0 Å². The Hall–Kier alpha value is 0.0600. The van der Waals surface area contributed by atoms with E-state index in [-0.39, 0.29) is 0 Å². The molecule has 0 unspecified atom stereocenters. The van der Waals surface area contributed by atoms with Gasteiger partial charge < -0.3 is 38.9 Å². The van der Waals surface area contributed by atoms with Crippen LogP contribution in [0.25, 0.3) is 0 Å². The van der Waals surface area contributed by atoms with Crippen molar-refractivity contribution in [3.05, 3.63) is 0 Å². The quantitative estimate of drug-likeness (QED) is 0.348. The molecule has 2 saturated heterocycles. The fraction of sp³-hybridized carbons (Fsp3) is 1.00. The van der Waals surface area contributed by atoms with E-state index in [1.807, 2.05) is 0 Å². The van der Waals surface area contributed by atoms with Crippen molar-refractivity contribution < 1.29 is 57.1 Å². The van der Waals surface area contributed by atoms with Crippen molar-refractivity contribution in [2.24, 2.45) is 0 Å². The minimum atomic E-state index is -4.96. The van der Waals surface area contributed by atoms with E-state index in [4.69, 9.17) is 33.8 Å². The van der Waals surface area contributed by atoms with Crippen LogP contribution >= 0.6 is 15.6 Å². The molecular formula is C9H18O12P2. The van der Waals surface area contributed by atoms with E-state index in [1.165, 1.54) is 0 Å².